The van der Waals surface area contributed by atoms with Gasteiger partial charge in [-0.1, -0.05) is 18.9 Å². The number of alkyl halides is 3. The molecule has 0 bridgehead atoms. The molecular formula is C20H32F3IN6. The Hall–Kier alpha value is -1.30. The van der Waals surface area contributed by atoms with Crippen LogP contribution in [0, 0.1) is 0 Å². The summed E-state index contributed by atoms with van der Waals surface area (Å²) >= 11 is 0. The molecule has 1 atom stereocenters. The average Bonchev–Trinajstić information content (AvgIpc) is 2.93. The first-order valence-electron chi connectivity index (χ1n) is 10.4. The van der Waals surface area contributed by atoms with Gasteiger partial charge in [-0.3, -0.25) is 9.89 Å². The van der Waals surface area contributed by atoms with Gasteiger partial charge >= 0.3 is 6.18 Å². The molecule has 1 aromatic rings. The lowest BCUT2D eigenvalue weighted by Crippen LogP contribution is -2.44. The van der Waals surface area contributed by atoms with Crippen molar-refractivity contribution in [3.8, 4) is 0 Å². The molecule has 2 fully saturated rings. The standard InChI is InChI=1S/C20H31F3N6.HI/c1-24-19(27-17-8-11-28(14-17)15-20(21,22)23)26-13-16-6-7-18(25-12-16)29-9-4-2-3-5-10-29;/h6-7,12,17H,2-5,8-11,13-15H2,1H3,(H2,24,26,27);1H. The van der Waals surface area contributed by atoms with Crippen LogP contribution in [0.1, 0.15) is 37.7 Å². The van der Waals surface area contributed by atoms with Crippen LogP contribution in [0.25, 0.3) is 0 Å². The van der Waals surface area contributed by atoms with E-state index in [1.807, 2.05) is 6.20 Å². The fourth-order valence-electron chi connectivity index (χ4n) is 3.93. The predicted octanol–water partition coefficient (Wildman–Crippen LogP) is 3.38. The van der Waals surface area contributed by atoms with E-state index in [9.17, 15) is 13.2 Å². The van der Waals surface area contributed by atoms with Crippen LogP contribution in [-0.4, -0.2) is 67.8 Å². The van der Waals surface area contributed by atoms with Gasteiger partial charge in [0, 0.05) is 52.0 Å². The summed E-state index contributed by atoms with van der Waals surface area (Å²) in [7, 11) is 1.67. The summed E-state index contributed by atoms with van der Waals surface area (Å²) in [6.07, 6.45) is 3.41. The Morgan fingerprint density at radius 3 is 2.50 bits per heavy atom. The molecule has 0 amide bonds. The van der Waals surface area contributed by atoms with Crippen LogP contribution in [0.3, 0.4) is 0 Å². The minimum absolute atomic E-state index is 0. The number of nitrogens with zero attached hydrogens (tertiary/aromatic N) is 4. The summed E-state index contributed by atoms with van der Waals surface area (Å²) in [6.45, 7) is 2.64. The largest absolute Gasteiger partial charge is 0.401 e. The van der Waals surface area contributed by atoms with Crippen LogP contribution in [0.5, 0.6) is 0 Å². The lowest BCUT2D eigenvalue weighted by Gasteiger charge is -2.21. The molecule has 2 aliphatic heterocycles. The molecule has 0 spiro atoms. The quantitative estimate of drug-likeness (QED) is 0.341. The number of aliphatic imine (C=N–C) groups is 1. The number of rotatable bonds is 5. The zero-order valence-corrected chi connectivity index (χ0v) is 19.7. The Bertz CT molecular complexity index is 660. The second-order valence-corrected chi connectivity index (χ2v) is 7.83. The molecule has 30 heavy (non-hydrogen) atoms. The van der Waals surface area contributed by atoms with Crippen molar-refractivity contribution in [1.29, 1.82) is 0 Å². The zero-order valence-electron chi connectivity index (χ0n) is 17.4. The first-order chi connectivity index (χ1) is 13.9. The molecule has 2 saturated heterocycles. The minimum Gasteiger partial charge on any atom is -0.357 e. The molecule has 10 heteroatoms. The molecule has 0 radical (unpaired) electrons. The van der Waals surface area contributed by atoms with E-state index in [1.54, 1.807) is 7.05 Å². The highest BCUT2D eigenvalue weighted by molar-refractivity contribution is 14.0. The number of nitrogens with one attached hydrogen (secondary N) is 2. The fourth-order valence-corrected chi connectivity index (χ4v) is 3.93. The first kappa shape index (κ1) is 25.0. The lowest BCUT2D eigenvalue weighted by molar-refractivity contribution is -0.143. The van der Waals surface area contributed by atoms with Crippen molar-refractivity contribution < 1.29 is 13.2 Å². The zero-order chi connectivity index (χ0) is 20.7. The molecule has 1 unspecified atom stereocenters. The van der Waals surface area contributed by atoms with Gasteiger partial charge in [-0.15, -0.1) is 24.0 Å². The van der Waals surface area contributed by atoms with Gasteiger partial charge in [0.25, 0.3) is 0 Å². The number of guanidine groups is 1. The number of halogens is 4. The van der Waals surface area contributed by atoms with Crippen molar-refractivity contribution >= 4 is 35.8 Å². The van der Waals surface area contributed by atoms with Gasteiger partial charge in [0.15, 0.2) is 5.96 Å². The molecule has 0 aliphatic carbocycles. The molecule has 0 saturated carbocycles. The molecule has 3 heterocycles. The normalized spacial score (nSPS) is 21.1. The molecule has 2 N–H and O–H groups in total. The van der Waals surface area contributed by atoms with Gasteiger partial charge < -0.3 is 15.5 Å². The summed E-state index contributed by atoms with van der Waals surface area (Å²) in [5, 5.41) is 6.45. The highest BCUT2D eigenvalue weighted by atomic mass is 127. The van der Waals surface area contributed by atoms with E-state index in [-0.39, 0.29) is 30.0 Å². The van der Waals surface area contributed by atoms with Gasteiger partial charge in [0.2, 0.25) is 0 Å². The van der Waals surface area contributed by atoms with Crippen molar-refractivity contribution in [2.24, 2.45) is 4.99 Å². The van der Waals surface area contributed by atoms with Crippen molar-refractivity contribution in [2.75, 3.05) is 44.7 Å². The maximum Gasteiger partial charge on any atom is 0.401 e. The van der Waals surface area contributed by atoms with Gasteiger partial charge in [0.05, 0.1) is 6.54 Å². The van der Waals surface area contributed by atoms with E-state index >= 15 is 0 Å². The molecule has 1 aromatic heterocycles. The van der Waals surface area contributed by atoms with Crippen molar-refractivity contribution in [2.45, 2.75) is 50.9 Å². The molecular weight excluding hydrogens is 508 g/mol. The van der Waals surface area contributed by atoms with E-state index in [0.717, 1.165) is 24.5 Å². The van der Waals surface area contributed by atoms with Crippen LogP contribution >= 0.6 is 24.0 Å². The van der Waals surface area contributed by atoms with Crippen molar-refractivity contribution in [3.05, 3.63) is 23.9 Å². The number of anilines is 1. The average molecular weight is 540 g/mol. The number of aromatic nitrogens is 1. The molecule has 2 aliphatic rings. The number of hydrogen-bond acceptors (Lipinski definition) is 4. The van der Waals surface area contributed by atoms with E-state index < -0.39 is 12.7 Å². The SMILES string of the molecule is CN=C(NCc1ccc(N2CCCCCC2)nc1)NC1CCN(CC(F)(F)F)C1.I. The Labute approximate surface area is 193 Å². The van der Waals surface area contributed by atoms with Crippen LogP contribution in [-0.2, 0) is 6.54 Å². The summed E-state index contributed by atoms with van der Waals surface area (Å²) in [5.74, 6) is 1.62. The summed E-state index contributed by atoms with van der Waals surface area (Å²) < 4.78 is 37.6. The van der Waals surface area contributed by atoms with E-state index in [4.69, 9.17) is 0 Å². The van der Waals surface area contributed by atoms with Crippen LogP contribution in [0.4, 0.5) is 19.0 Å². The van der Waals surface area contributed by atoms with Gasteiger partial charge in [-0.25, -0.2) is 4.98 Å². The third-order valence-corrected chi connectivity index (χ3v) is 5.44. The molecule has 6 nitrogen and oxygen atoms in total. The Balaban J connectivity index is 0.00000320. The molecule has 3 rings (SSSR count). The van der Waals surface area contributed by atoms with E-state index in [0.29, 0.717) is 32.0 Å². The highest BCUT2D eigenvalue weighted by Crippen LogP contribution is 2.20. The number of hydrogen-bond donors (Lipinski definition) is 2. The molecule has 170 valence electrons. The minimum atomic E-state index is -4.15. The highest BCUT2D eigenvalue weighted by Gasteiger charge is 2.34. The van der Waals surface area contributed by atoms with Crippen molar-refractivity contribution in [1.82, 2.24) is 20.5 Å². The fraction of sp³-hybridized carbons (Fsp3) is 0.700. The maximum absolute atomic E-state index is 12.5. The third kappa shape index (κ3) is 8.09. The summed E-state index contributed by atoms with van der Waals surface area (Å²) in [6, 6.07) is 4.09. The Morgan fingerprint density at radius 2 is 1.90 bits per heavy atom. The van der Waals surface area contributed by atoms with E-state index in [1.165, 1.54) is 30.6 Å². The van der Waals surface area contributed by atoms with Crippen LogP contribution in [0.15, 0.2) is 23.3 Å². The molecule has 0 aromatic carbocycles. The smallest absolute Gasteiger partial charge is 0.357 e. The summed E-state index contributed by atoms with van der Waals surface area (Å²) in [5.41, 5.74) is 1.04. The Kier molecular flexibility index (Phi) is 9.92. The summed E-state index contributed by atoms with van der Waals surface area (Å²) in [4.78, 5) is 12.6. The number of pyridine rings is 1. The van der Waals surface area contributed by atoms with Gasteiger partial charge in [-0.2, -0.15) is 13.2 Å². The van der Waals surface area contributed by atoms with Gasteiger partial charge in [0.1, 0.15) is 5.82 Å². The maximum atomic E-state index is 12.5. The monoisotopic (exact) mass is 540 g/mol. The first-order valence-corrected chi connectivity index (χ1v) is 10.4. The third-order valence-electron chi connectivity index (χ3n) is 5.44. The Morgan fingerprint density at radius 1 is 1.17 bits per heavy atom. The lowest BCUT2D eigenvalue weighted by atomic mass is 10.2. The van der Waals surface area contributed by atoms with Crippen molar-refractivity contribution in [3.63, 3.8) is 0 Å². The van der Waals surface area contributed by atoms with Gasteiger partial charge in [-0.05, 0) is 30.9 Å². The second kappa shape index (κ2) is 11.9. The van der Waals surface area contributed by atoms with Crippen LogP contribution < -0.4 is 15.5 Å². The van der Waals surface area contributed by atoms with Crippen LogP contribution in [0.2, 0.25) is 0 Å². The number of likely N-dealkylation sites (tertiary alicyclic amines) is 1. The second-order valence-electron chi connectivity index (χ2n) is 7.83. The predicted molar refractivity (Wildman–Crippen MR) is 125 cm³/mol. The van der Waals surface area contributed by atoms with E-state index in [2.05, 4.69) is 37.6 Å². The topological polar surface area (TPSA) is 55.8 Å².